The van der Waals surface area contributed by atoms with Crippen LogP contribution in [0.1, 0.15) is 12.0 Å². The molecule has 1 aromatic rings. The first kappa shape index (κ1) is 10.3. The maximum absolute atomic E-state index is 11.5. The largest absolute Gasteiger partial charge is 0.338 e. The second kappa shape index (κ2) is 4.53. The maximum Gasteiger partial charge on any atom is 0.317 e. The summed E-state index contributed by atoms with van der Waals surface area (Å²) in [6.45, 7) is 2.17. The summed E-state index contributed by atoms with van der Waals surface area (Å²) in [4.78, 5) is 13.3. The summed E-state index contributed by atoms with van der Waals surface area (Å²) in [5.41, 5.74) is 0.996. The van der Waals surface area contributed by atoms with E-state index in [0.717, 1.165) is 30.1 Å². The van der Waals surface area contributed by atoms with Gasteiger partial charge in [-0.1, -0.05) is 29.8 Å². The van der Waals surface area contributed by atoms with Crippen molar-refractivity contribution in [1.29, 1.82) is 0 Å². The Bertz CT molecular complexity index is 367. The molecule has 0 bridgehead atoms. The fourth-order valence-electron chi connectivity index (χ4n) is 1.66. The number of hydrogen-bond donors (Lipinski definition) is 1. The van der Waals surface area contributed by atoms with E-state index in [-0.39, 0.29) is 6.03 Å². The minimum atomic E-state index is 0.00108. The van der Waals surface area contributed by atoms with Crippen molar-refractivity contribution in [2.75, 3.05) is 13.1 Å². The van der Waals surface area contributed by atoms with E-state index < -0.39 is 0 Å². The monoisotopic (exact) mass is 224 g/mol. The summed E-state index contributed by atoms with van der Waals surface area (Å²) in [6.07, 6.45) is 0.996. The zero-order valence-electron chi connectivity index (χ0n) is 8.37. The number of nitrogens with one attached hydrogen (secondary N) is 1. The second-order valence-electron chi connectivity index (χ2n) is 3.60. The van der Waals surface area contributed by atoms with Crippen LogP contribution < -0.4 is 5.32 Å². The van der Waals surface area contributed by atoms with Gasteiger partial charge in [0.15, 0.2) is 0 Å². The van der Waals surface area contributed by atoms with E-state index in [1.54, 1.807) is 4.90 Å². The van der Waals surface area contributed by atoms with E-state index in [1.807, 2.05) is 24.3 Å². The summed E-state index contributed by atoms with van der Waals surface area (Å²) in [5.74, 6) is 0. The molecule has 0 aliphatic carbocycles. The predicted molar refractivity (Wildman–Crippen MR) is 59.9 cm³/mol. The molecular formula is C11H13ClN2O. The summed E-state index contributed by atoms with van der Waals surface area (Å²) in [6, 6.07) is 7.62. The molecule has 15 heavy (non-hydrogen) atoms. The molecule has 2 amide bonds. The number of amides is 2. The summed E-state index contributed by atoms with van der Waals surface area (Å²) in [5, 5.41) is 3.53. The number of benzene rings is 1. The molecule has 0 unspecified atom stereocenters. The highest BCUT2D eigenvalue weighted by Crippen LogP contribution is 2.17. The number of carbonyl (C=O) groups is 1. The number of carbonyl (C=O) groups excluding carboxylic acids is 1. The predicted octanol–water partition coefficient (Wildman–Crippen LogP) is 2.26. The minimum absolute atomic E-state index is 0.00108. The lowest BCUT2D eigenvalue weighted by atomic mass is 10.2. The first-order chi connectivity index (χ1) is 7.27. The number of hydrogen-bond acceptors (Lipinski definition) is 1. The third-order valence-electron chi connectivity index (χ3n) is 2.49. The van der Waals surface area contributed by atoms with Gasteiger partial charge in [-0.15, -0.1) is 0 Å². The lowest BCUT2D eigenvalue weighted by molar-refractivity contribution is 0.183. The van der Waals surface area contributed by atoms with Crippen LogP contribution >= 0.6 is 11.6 Å². The summed E-state index contributed by atoms with van der Waals surface area (Å²) >= 11 is 6.03. The highest BCUT2D eigenvalue weighted by Gasteiger charge is 2.17. The Morgan fingerprint density at radius 1 is 1.40 bits per heavy atom. The normalized spacial score (nSPS) is 16.3. The first-order valence-corrected chi connectivity index (χ1v) is 5.41. The maximum atomic E-state index is 11.5. The zero-order chi connectivity index (χ0) is 10.7. The average Bonchev–Trinajstić information content (AvgIpc) is 2.24. The highest BCUT2D eigenvalue weighted by atomic mass is 35.5. The first-order valence-electron chi connectivity index (χ1n) is 5.03. The van der Waals surface area contributed by atoms with Crippen LogP contribution in [-0.4, -0.2) is 24.0 Å². The lowest BCUT2D eigenvalue weighted by Crippen LogP contribution is -2.45. The molecule has 3 nitrogen and oxygen atoms in total. The molecule has 80 valence electrons. The molecular weight excluding hydrogens is 212 g/mol. The van der Waals surface area contributed by atoms with Crippen LogP contribution in [0.5, 0.6) is 0 Å². The van der Waals surface area contributed by atoms with E-state index in [2.05, 4.69) is 5.32 Å². The SMILES string of the molecule is O=C1NCCCN1Cc1ccccc1Cl. The van der Waals surface area contributed by atoms with Crippen molar-refractivity contribution in [1.82, 2.24) is 10.2 Å². The fraction of sp³-hybridized carbons (Fsp3) is 0.364. The third kappa shape index (κ3) is 2.42. The van der Waals surface area contributed by atoms with Crippen LogP contribution in [0.3, 0.4) is 0 Å². The number of rotatable bonds is 2. The van der Waals surface area contributed by atoms with Crippen LogP contribution in [-0.2, 0) is 6.54 Å². The van der Waals surface area contributed by atoms with Gasteiger partial charge < -0.3 is 10.2 Å². The molecule has 1 N–H and O–H groups in total. The Morgan fingerprint density at radius 3 is 2.93 bits per heavy atom. The van der Waals surface area contributed by atoms with Gasteiger partial charge in [0.1, 0.15) is 0 Å². The van der Waals surface area contributed by atoms with E-state index in [9.17, 15) is 4.79 Å². The van der Waals surface area contributed by atoms with Crippen molar-refractivity contribution in [3.8, 4) is 0 Å². The molecule has 0 spiro atoms. The molecule has 0 saturated carbocycles. The quantitative estimate of drug-likeness (QED) is 0.821. The van der Waals surface area contributed by atoms with Crippen molar-refractivity contribution < 1.29 is 4.79 Å². The Kier molecular flexibility index (Phi) is 3.11. The standard InChI is InChI=1S/C11H13ClN2O/c12-10-5-2-1-4-9(10)8-14-7-3-6-13-11(14)15/h1-2,4-5H,3,6-8H2,(H,13,15). The van der Waals surface area contributed by atoms with Crippen LogP contribution in [0.2, 0.25) is 5.02 Å². The number of urea groups is 1. The molecule has 4 heteroatoms. The van der Waals surface area contributed by atoms with Gasteiger partial charge in [0, 0.05) is 24.7 Å². The molecule has 1 aliphatic heterocycles. The third-order valence-corrected chi connectivity index (χ3v) is 2.86. The van der Waals surface area contributed by atoms with Crippen molar-refractivity contribution >= 4 is 17.6 Å². The van der Waals surface area contributed by atoms with Crippen LogP contribution in [0.25, 0.3) is 0 Å². The second-order valence-corrected chi connectivity index (χ2v) is 4.01. The minimum Gasteiger partial charge on any atom is -0.338 e. The van der Waals surface area contributed by atoms with Crippen molar-refractivity contribution in [2.45, 2.75) is 13.0 Å². The fourth-order valence-corrected chi connectivity index (χ4v) is 1.86. The van der Waals surface area contributed by atoms with Gasteiger partial charge in [-0.3, -0.25) is 0 Å². The molecule has 0 atom stereocenters. The van der Waals surface area contributed by atoms with E-state index in [0.29, 0.717) is 6.54 Å². The van der Waals surface area contributed by atoms with Crippen molar-refractivity contribution in [3.63, 3.8) is 0 Å². The molecule has 1 aliphatic rings. The number of nitrogens with zero attached hydrogens (tertiary/aromatic N) is 1. The molecule has 1 aromatic carbocycles. The van der Waals surface area contributed by atoms with Crippen molar-refractivity contribution in [3.05, 3.63) is 34.9 Å². The Labute approximate surface area is 94.0 Å². The van der Waals surface area contributed by atoms with Crippen molar-refractivity contribution in [2.24, 2.45) is 0 Å². The van der Waals surface area contributed by atoms with Gasteiger partial charge in [-0.25, -0.2) is 4.79 Å². The Morgan fingerprint density at radius 2 is 2.20 bits per heavy atom. The molecule has 0 aromatic heterocycles. The van der Waals surface area contributed by atoms with E-state index in [4.69, 9.17) is 11.6 Å². The Balaban J connectivity index is 2.08. The van der Waals surface area contributed by atoms with Crippen LogP contribution in [0, 0.1) is 0 Å². The molecule has 1 heterocycles. The smallest absolute Gasteiger partial charge is 0.317 e. The topological polar surface area (TPSA) is 32.3 Å². The van der Waals surface area contributed by atoms with Crippen LogP contribution in [0.4, 0.5) is 4.79 Å². The molecule has 1 fully saturated rings. The molecule has 0 radical (unpaired) electrons. The van der Waals surface area contributed by atoms with Gasteiger partial charge in [0.25, 0.3) is 0 Å². The van der Waals surface area contributed by atoms with Gasteiger partial charge in [0.2, 0.25) is 0 Å². The summed E-state index contributed by atoms with van der Waals surface area (Å²) < 4.78 is 0. The van der Waals surface area contributed by atoms with E-state index in [1.165, 1.54) is 0 Å². The van der Waals surface area contributed by atoms with Gasteiger partial charge in [-0.05, 0) is 18.1 Å². The zero-order valence-corrected chi connectivity index (χ0v) is 9.13. The molecule has 2 rings (SSSR count). The van der Waals surface area contributed by atoms with Crippen LogP contribution in [0.15, 0.2) is 24.3 Å². The number of halogens is 1. The summed E-state index contributed by atoms with van der Waals surface area (Å²) in [7, 11) is 0. The lowest BCUT2D eigenvalue weighted by Gasteiger charge is -2.27. The van der Waals surface area contributed by atoms with Gasteiger partial charge >= 0.3 is 6.03 Å². The van der Waals surface area contributed by atoms with Gasteiger partial charge in [-0.2, -0.15) is 0 Å². The van der Waals surface area contributed by atoms with Gasteiger partial charge in [0.05, 0.1) is 0 Å². The highest BCUT2D eigenvalue weighted by molar-refractivity contribution is 6.31. The molecule has 1 saturated heterocycles. The average molecular weight is 225 g/mol. The Hall–Kier alpha value is -1.22. The van der Waals surface area contributed by atoms with E-state index >= 15 is 0 Å².